The lowest BCUT2D eigenvalue weighted by atomic mass is 10.0. The molecule has 8 heteroatoms. The molecule has 0 atom stereocenters. The lowest BCUT2D eigenvalue weighted by Gasteiger charge is -2.08. The van der Waals surface area contributed by atoms with E-state index in [0.717, 1.165) is 11.9 Å². The van der Waals surface area contributed by atoms with Crippen LogP contribution in [0.1, 0.15) is 21.8 Å². The summed E-state index contributed by atoms with van der Waals surface area (Å²) in [5.41, 5.74) is 7.16. The van der Waals surface area contributed by atoms with Gasteiger partial charge in [-0.15, -0.1) is 11.3 Å². The molecule has 0 bridgehead atoms. The number of allylic oxidation sites excluding steroid dienone is 4. The Kier molecular flexibility index (Phi) is 3.39. The van der Waals surface area contributed by atoms with Crippen molar-refractivity contribution in [1.29, 1.82) is 5.41 Å². The molecule has 0 amide bonds. The van der Waals surface area contributed by atoms with Crippen LogP contribution in [0.4, 0.5) is 5.95 Å². The van der Waals surface area contributed by atoms with Gasteiger partial charge in [-0.05, 0) is 30.2 Å². The van der Waals surface area contributed by atoms with Crippen LogP contribution in [0.2, 0.25) is 0 Å². The molecule has 24 heavy (non-hydrogen) atoms. The van der Waals surface area contributed by atoms with Crippen LogP contribution >= 0.6 is 11.3 Å². The molecule has 0 spiro atoms. The molecule has 2 aromatic rings. The predicted molar refractivity (Wildman–Crippen MR) is 89.9 cm³/mol. The highest BCUT2D eigenvalue weighted by molar-refractivity contribution is 7.20. The van der Waals surface area contributed by atoms with Crippen LogP contribution in [0.3, 0.4) is 0 Å². The van der Waals surface area contributed by atoms with Gasteiger partial charge in [0.1, 0.15) is 10.5 Å². The Hall–Kier alpha value is -3.00. The number of rotatable bonds is 3. The number of nitrogens with one attached hydrogen (secondary N) is 1. The van der Waals surface area contributed by atoms with E-state index in [1.807, 2.05) is 12.2 Å². The summed E-state index contributed by atoms with van der Waals surface area (Å²) in [6, 6.07) is 1.69. The molecule has 2 aromatic heterocycles. The number of carbonyl (C=O) groups excluding carboxylic acids is 1. The van der Waals surface area contributed by atoms with Gasteiger partial charge in [-0.25, -0.2) is 9.97 Å². The van der Waals surface area contributed by atoms with Crippen molar-refractivity contribution in [2.75, 3.05) is 12.5 Å². The summed E-state index contributed by atoms with van der Waals surface area (Å²) in [5, 5.41) is 9.19. The minimum Gasteiger partial charge on any atom is -0.454 e. The number of fused-ring (bicyclic) bond motifs is 2. The third-order valence-corrected chi connectivity index (χ3v) is 4.67. The number of ether oxygens (including phenoxy) is 2. The predicted octanol–water partition coefficient (Wildman–Crippen LogP) is 2.56. The number of nitrogens with two attached hydrogens (primary N) is 1. The summed E-state index contributed by atoms with van der Waals surface area (Å²) in [6.07, 6.45) is 6.73. The molecule has 0 unspecified atom stereocenters. The first-order chi connectivity index (χ1) is 11.7. The molecule has 3 heterocycles. The van der Waals surface area contributed by atoms with Crippen molar-refractivity contribution in [3.8, 4) is 0 Å². The minimum absolute atomic E-state index is 0.0796. The van der Waals surface area contributed by atoms with Crippen molar-refractivity contribution in [2.45, 2.75) is 6.42 Å². The zero-order valence-corrected chi connectivity index (χ0v) is 13.2. The maximum absolute atomic E-state index is 11.0. The third-order valence-electron chi connectivity index (χ3n) is 3.72. The smallest absolute Gasteiger partial charge is 0.231 e. The second-order valence-electron chi connectivity index (χ2n) is 5.19. The van der Waals surface area contributed by atoms with Crippen LogP contribution in [-0.4, -0.2) is 28.8 Å². The molecule has 1 saturated heterocycles. The number of hydrogen-bond donors (Lipinski definition) is 2. The molecule has 120 valence electrons. The van der Waals surface area contributed by atoms with Crippen molar-refractivity contribution in [3.63, 3.8) is 0 Å². The summed E-state index contributed by atoms with van der Waals surface area (Å²) in [5.74, 6) is 1.42. The quantitative estimate of drug-likeness (QED) is 0.656. The molecule has 4 rings (SSSR count). The van der Waals surface area contributed by atoms with Gasteiger partial charge in [-0.3, -0.25) is 10.2 Å². The Labute approximate surface area is 140 Å². The standard InChI is InChI=1S/C16H12N4O3S/c17-13(8-1-3-11-12(4-2-8)23-7-22-11)14-10-5-9(6-21)24-15(10)20-16(18)19-14/h1,3-6,17H,2,7H2,(H2,18,19,20). The zero-order valence-electron chi connectivity index (χ0n) is 12.4. The van der Waals surface area contributed by atoms with E-state index in [2.05, 4.69) is 9.97 Å². The lowest BCUT2D eigenvalue weighted by Crippen LogP contribution is -2.09. The molecule has 0 saturated carbocycles. The average Bonchev–Trinajstić information content (AvgIpc) is 3.15. The van der Waals surface area contributed by atoms with E-state index in [9.17, 15) is 4.79 Å². The van der Waals surface area contributed by atoms with Gasteiger partial charge in [0.15, 0.2) is 17.8 Å². The van der Waals surface area contributed by atoms with Crippen LogP contribution in [0.15, 0.2) is 41.4 Å². The molecule has 1 aliphatic carbocycles. The fraction of sp³-hybridized carbons (Fsp3) is 0.125. The zero-order chi connectivity index (χ0) is 16.7. The van der Waals surface area contributed by atoms with Gasteiger partial charge in [0.2, 0.25) is 12.7 Å². The SMILES string of the molecule is N=C(C1=CC=C2OCOC2=CC1)c1nc(N)nc2sc(C=O)cc12. The Morgan fingerprint density at radius 2 is 2.12 bits per heavy atom. The van der Waals surface area contributed by atoms with Crippen molar-refractivity contribution < 1.29 is 14.3 Å². The number of nitrogen functional groups attached to an aromatic ring is 1. The van der Waals surface area contributed by atoms with E-state index < -0.39 is 0 Å². The van der Waals surface area contributed by atoms with Crippen molar-refractivity contribution in [2.24, 2.45) is 0 Å². The number of thiophene rings is 1. The number of aromatic nitrogens is 2. The summed E-state index contributed by atoms with van der Waals surface area (Å²) in [6.45, 7) is 0.213. The van der Waals surface area contributed by atoms with E-state index >= 15 is 0 Å². The molecule has 1 aliphatic heterocycles. The van der Waals surface area contributed by atoms with Gasteiger partial charge in [-0.1, -0.05) is 6.08 Å². The topological polar surface area (TPSA) is 111 Å². The summed E-state index contributed by atoms with van der Waals surface area (Å²) >= 11 is 1.23. The van der Waals surface area contributed by atoms with E-state index in [1.165, 1.54) is 11.3 Å². The fourth-order valence-electron chi connectivity index (χ4n) is 2.58. The molecule has 2 aliphatic rings. The number of carbonyl (C=O) groups is 1. The van der Waals surface area contributed by atoms with Crippen LogP contribution in [0, 0.1) is 5.41 Å². The highest BCUT2D eigenvalue weighted by Gasteiger charge is 2.21. The van der Waals surface area contributed by atoms with Gasteiger partial charge in [0.05, 0.1) is 10.6 Å². The second kappa shape index (κ2) is 5.57. The molecule has 0 radical (unpaired) electrons. The molecule has 7 nitrogen and oxygen atoms in total. The maximum Gasteiger partial charge on any atom is 0.231 e. The summed E-state index contributed by atoms with van der Waals surface area (Å²) in [7, 11) is 0. The molecule has 1 fully saturated rings. The fourth-order valence-corrected chi connectivity index (χ4v) is 3.43. The van der Waals surface area contributed by atoms with Gasteiger partial charge >= 0.3 is 0 Å². The Morgan fingerprint density at radius 1 is 1.29 bits per heavy atom. The Balaban J connectivity index is 1.79. The number of anilines is 1. The van der Waals surface area contributed by atoms with Gasteiger partial charge < -0.3 is 15.2 Å². The lowest BCUT2D eigenvalue weighted by molar-refractivity contribution is 0.0974. The van der Waals surface area contributed by atoms with Crippen molar-refractivity contribution in [3.05, 3.63) is 52.0 Å². The normalized spacial score (nSPS) is 16.2. The van der Waals surface area contributed by atoms with E-state index in [-0.39, 0.29) is 18.5 Å². The van der Waals surface area contributed by atoms with Gasteiger partial charge in [-0.2, -0.15) is 0 Å². The van der Waals surface area contributed by atoms with Crippen LogP contribution in [0.5, 0.6) is 0 Å². The molecule has 0 aromatic carbocycles. The number of hydrogen-bond acceptors (Lipinski definition) is 8. The van der Waals surface area contributed by atoms with E-state index in [1.54, 1.807) is 12.1 Å². The van der Waals surface area contributed by atoms with E-state index in [4.69, 9.17) is 20.6 Å². The maximum atomic E-state index is 11.0. The van der Waals surface area contributed by atoms with Gasteiger partial charge in [0, 0.05) is 5.39 Å². The molecular formula is C16H12N4O3S. The van der Waals surface area contributed by atoms with Crippen LogP contribution in [0.25, 0.3) is 10.2 Å². The monoisotopic (exact) mass is 340 g/mol. The minimum atomic E-state index is 0.0796. The first-order valence-corrected chi connectivity index (χ1v) is 7.96. The second-order valence-corrected chi connectivity index (χ2v) is 6.25. The number of nitrogens with zero attached hydrogens (tertiary/aromatic N) is 2. The van der Waals surface area contributed by atoms with Gasteiger partial charge in [0.25, 0.3) is 0 Å². The van der Waals surface area contributed by atoms with Crippen molar-refractivity contribution in [1.82, 2.24) is 9.97 Å². The highest BCUT2D eigenvalue weighted by atomic mass is 32.1. The third kappa shape index (κ3) is 2.37. The van der Waals surface area contributed by atoms with Crippen molar-refractivity contribution >= 4 is 39.5 Å². The Morgan fingerprint density at radius 3 is 2.96 bits per heavy atom. The van der Waals surface area contributed by atoms with E-state index in [0.29, 0.717) is 38.7 Å². The average molecular weight is 340 g/mol. The number of aldehydes is 1. The summed E-state index contributed by atoms with van der Waals surface area (Å²) < 4.78 is 10.7. The summed E-state index contributed by atoms with van der Waals surface area (Å²) in [4.78, 5) is 20.5. The Bertz CT molecular complexity index is 971. The first kappa shape index (κ1) is 14.6. The highest BCUT2D eigenvalue weighted by Crippen LogP contribution is 2.30. The van der Waals surface area contributed by atoms with Crippen LogP contribution in [-0.2, 0) is 9.47 Å². The molecule has 3 N–H and O–H groups in total. The molecular weight excluding hydrogens is 328 g/mol. The first-order valence-electron chi connectivity index (χ1n) is 7.14. The van der Waals surface area contributed by atoms with Crippen LogP contribution < -0.4 is 5.73 Å². The largest absolute Gasteiger partial charge is 0.454 e.